The monoisotopic (exact) mass is 302 g/mol. The summed E-state index contributed by atoms with van der Waals surface area (Å²) in [7, 11) is 1.25. The maximum Gasteiger partial charge on any atom is 0.339 e. The van der Waals surface area contributed by atoms with E-state index in [9.17, 15) is 19.5 Å². The van der Waals surface area contributed by atoms with Crippen LogP contribution in [0.1, 0.15) is 29.6 Å². The average molecular weight is 302 g/mol. The van der Waals surface area contributed by atoms with Gasteiger partial charge in [-0.25, -0.2) is 4.79 Å². The van der Waals surface area contributed by atoms with Gasteiger partial charge in [0.25, 0.3) is 5.91 Å². The van der Waals surface area contributed by atoms with Gasteiger partial charge in [-0.05, 0) is 31.4 Å². The van der Waals surface area contributed by atoms with Crippen molar-refractivity contribution in [2.75, 3.05) is 12.4 Å². The molecule has 0 aromatic heterocycles. The van der Waals surface area contributed by atoms with Crippen LogP contribution in [0.25, 0.3) is 0 Å². The van der Waals surface area contributed by atoms with Crippen molar-refractivity contribution in [1.29, 1.82) is 0 Å². The molecule has 0 saturated carbocycles. The second-order valence-corrected chi connectivity index (χ2v) is 4.95. The Morgan fingerprint density at radius 3 is 2.68 bits per heavy atom. The summed E-state index contributed by atoms with van der Waals surface area (Å²) in [6, 6.07) is 6.38. The second kappa shape index (κ2) is 6.89. The van der Waals surface area contributed by atoms with Gasteiger partial charge in [0.2, 0.25) is 0 Å². The lowest BCUT2D eigenvalue weighted by atomic mass is 9.87. The highest BCUT2D eigenvalue weighted by Crippen LogP contribution is 2.26. The normalized spacial score (nSPS) is 17.3. The van der Waals surface area contributed by atoms with Crippen molar-refractivity contribution in [3.63, 3.8) is 0 Å². The van der Waals surface area contributed by atoms with Gasteiger partial charge in [0.15, 0.2) is 0 Å². The number of aliphatic carboxylic acids is 1. The van der Waals surface area contributed by atoms with Gasteiger partial charge in [0, 0.05) is 17.5 Å². The minimum absolute atomic E-state index is 0.172. The summed E-state index contributed by atoms with van der Waals surface area (Å²) in [6.07, 6.45) is 3.33. The van der Waals surface area contributed by atoms with Crippen LogP contribution in [-0.4, -0.2) is 25.0 Å². The van der Waals surface area contributed by atoms with Gasteiger partial charge in [-0.2, -0.15) is 0 Å². The highest BCUT2D eigenvalue weighted by molar-refractivity contribution is 6.09. The zero-order valence-electron chi connectivity index (χ0n) is 12.1. The van der Waals surface area contributed by atoms with Crippen molar-refractivity contribution in [1.82, 2.24) is 0 Å². The van der Waals surface area contributed by atoms with Crippen molar-refractivity contribution in [2.45, 2.75) is 19.3 Å². The van der Waals surface area contributed by atoms with Crippen LogP contribution in [-0.2, 0) is 14.3 Å². The molecule has 0 spiro atoms. The van der Waals surface area contributed by atoms with Gasteiger partial charge >= 0.3 is 5.97 Å². The Kier molecular flexibility index (Phi) is 4.93. The number of rotatable bonds is 4. The van der Waals surface area contributed by atoms with E-state index >= 15 is 0 Å². The fraction of sp³-hybridized carbons (Fsp3) is 0.312. The largest absolute Gasteiger partial charge is 0.549 e. The molecule has 2 rings (SSSR count). The maximum absolute atomic E-state index is 12.3. The molecule has 1 aliphatic rings. The van der Waals surface area contributed by atoms with Gasteiger partial charge in [0.05, 0.1) is 18.4 Å². The highest BCUT2D eigenvalue weighted by atomic mass is 16.5. The molecule has 0 radical (unpaired) electrons. The van der Waals surface area contributed by atoms with Crippen LogP contribution in [0.15, 0.2) is 35.9 Å². The molecule has 1 atom stereocenters. The van der Waals surface area contributed by atoms with Crippen LogP contribution < -0.4 is 10.4 Å². The quantitative estimate of drug-likeness (QED) is 0.833. The lowest BCUT2D eigenvalue weighted by Gasteiger charge is -2.24. The first kappa shape index (κ1) is 15.8. The Morgan fingerprint density at radius 2 is 2.00 bits per heavy atom. The average Bonchev–Trinajstić information content (AvgIpc) is 2.54. The van der Waals surface area contributed by atoms with Crippen molar-refractivity contribution >= 4 is 23.5 Å². The number of methoxy groups -OCH3 is 1. The van der Waals surface area contributed by atoms with Crippen molar-refractivity contribution in [2.24, 2.45) is 5.92 Å². The van der Waals surface area contributed by atoms with E-state index in [1.54, 1.807) is 24.3 Å². The number of ether oxygens (including phenoxy) is 1. The van der Waals surface area contributed by atoms with E-state index in [1.807, 2.05) is 0 Å². The predicted octanol–water partition coefficient (Wildman–Crippen LogP) is 0.888. The molecule has 0 unspecified atom stereocenters. The molecule has 0 heterocycles. The standard InChI is InChI=1S/C16H17NO5/c1-22-16(21)12-8-4-5-9-13(12)17-14(18)10-6-2-3-7-11(10)15(19)20/h4-6,8-9,11H,2-3,7H2,1H3,(H,17,18)(H,19,20)/p-1/t11-/m0/s1. The van der Waals surface area contributed by atoms with Gasteiger partial charge in [-0.15, -0.1) is 0 Å². The van der Waals surface area contributed by atoms with E-state index in [2.05, 4.69) is 10.1 Å². The third-order valence-electron chi connectivity index (χ3n) is 3.56. The molecule has 1 amide bonds. The molecule has 0 fully saturated rings. The minimum Gasteiger partial charge on any atom is -0.549 e. The number of anilines is 1. The van der Waals surface area contributed by atoms with E-state index in [1.165, 1.54) is 13.2 Å². The number of carboxylic acid groups (broad SMARTS) is 1. The number of benzene rings is 1. The molecule has 6 nitrogen and oxygen atoms in total. The number of carbonyl (C=O) groups is 3. The maximum atomic E-state index is 12.3. The number of amides is 1. The second-order valence-electron chi connectivity index (χ2n) is 4.95. The molecule has 1 aromatic carbocycles. The fourth-order valence-corrected chi connectivity index (χ4v) is 2.45. The molecule has 6 heteroatoms. The number of hydrogen-bond acceptors (Lipinski definition) is 5. The van der Waals surface area contributed by atoms with Crippen LogP contribution in [0.4, 0.5) is 5.69 Å². The predicted molar refractivity (Wildman–Crippen MR) is 76.8 cm³/mol. The summed E-state index contributed by atoms with van der Waals surface area (Å²) in [5.74, 6) is -3.29. The topological polar surface area (TPSA) is 95.5 Å². The molecule has 0 aliphatic heterocycles. The van der Waals surface area contributed by atoms with Crippen LogP contribution >= 0.6 is 0 Å². The molecule has 1 aliphatic carbocycles. The number of allylic oxidation sites excluding steroid dienone is 1. The molecular formula is C16H16NO5-. The van der Waals surface area contributed by atoms with Gasteiger partial charge in [-0.3, -0.25) is 4.79 Å². The summed E-state index contributed by atoms with van der Waals surface area (Å²) >= 11 is 0. The first-order chi connectivity index (χ1) is 10.5. The van der Waals surface area contributed by atoms with Crippen molar-refractivity contribution in [3.05, 3.63) is 41.5 Å². The number of esters is 1. The molecule has 1 N–H and O–H groups in total. The lowest BCUT2D eigenvalue weighted by Crippen LogP contribution is -2.37. The Balaban J connectivity index is 2.24. The van der Waals surface area contributed by atoms with Gasteiger partial charge < -0.3 is 20.0 Å². The first-order valence-electron chi connectivity index (χ1n) is 6.94. The first-order valence-corrected chi connectivity index (χ1v) is 6.94. The van der Waals surface area contributed by atoms with Crippen molar-refractivity contribution < 1.29 is 24.2 Å². The van der Waals surface area contributed by atoms with Gasteiger partial charge in [0.1, 0.15) is 0 Å². The Hall–Kier alpha value is -2.63. The Labute approximate surface area is 127 Å². The summed E-state index contributed by atoms with van der Waals surface area (Å²) in [5, 5.41) is 13.7. The zero-order valence-corrected chi connectivity index (χ0v) is 12.1. The highest BCUT2D eigenvalue weighted by Gasteiger charge is 2.25. The van der Waals surface area contributed by atoms with Crippen LogP contribution in [0, 0.1) is 5.92 Å². The number of hydrogen-bond donors (Lipinski definition) is 1. The van der Waals surface area contributed by atoms with Crippen LogP contribution in [0.2, 0.25) is 0 Å². The number of carbonyl (C=O) groups excluding carboxylic acids is 3. The van der Waals surface area contributed by atoms with E-state index in [0.717, 1.165) is 0 Å². The molecule has 0 bridgehead atoms. The number of nitrogens with one attached hydrogen (secondary N) is 1. The fourth-order valence-electron chi connectivity index (χ4n) is 2.45. The summed E-state index contributed by atoms with van der Waals surface area (Å²) in [5.41, 5.74) is 0.661. The Bertz CT molecular complexity index is 635. The van der Waals surface area contributed by atoms with Crippen LogP contribution in [0.5, 0.6) is 0 Å². The summed E-state index contributed by atoms with van der Waals surface area (Å²) < 4.78 is 4.65. The van der Waals surface area contributed by atoms with Crippen molar-refractivity contribution in [3.8, 4) is 0 Å². The number of carboxylic acids is 1. The van der Waals surface area contributed by atoms with E-state index in [4.69, 9.17) is 0 Å². The molecule has 116 valence electrons. The van der Waals surface area contributed by atoms with Crippen LogP contribution in [0.3, 0.4) is 0 Å². The molecular weight excluding hydrogens is 286 g/mol. The minimum atomic E-state index is -1.26. The summed E-state index contributed by atoms with van der Waals surface area (Å²) in [4.78, 5) is 35.1. The molecule has 1 aromatic rings. The summed E-state index contributed by atoms with van der Waals surface area (Å²) in [6.45, 7) is 0. The van der Waals surface area contributed by atoms with E-state index < -0.39 is 23.8 Å². The van der Waals surface area contributed by atoms with E-state index in [-0.39, 0.29) is 16.8 Å². The Morgan fingerprint density at radius 1 is 1.27 bits per heavy atom. The lowest BCUT2D eigenvalue weighted by molar-refractivity contribution is -0.310. The smallest absolute Gasteiger partial charge is 0.339 e. The third kappa shape index (κ3) is 3.33. The molecule has 0 saturated heterocycles. The zero-order chi connectivity index (χ0) is 16.1. The van der Waals surface area contributed by atoms with E-state index in [0.29, 0.717) is 19.3 Å². The SMILES string of the molecule is COC(=O)c1ccccc1NC(=O)C1=CCCC[C@@H]1C(=O)[O-]. The van der Waals surface area contributed by atoms with Gasteiger partial charge in [-0.1, -0.05) is 18.2 Å². The third-order valence-corrected chi connectivity index (χ3v) is 3.56. The number of para-hydroxylation sites is 1. The molecule has 22 heavy (non-hydrogen) atoms.